The summed E-state index contributed by atoms with van der Waals surface area (Å²) in [6, 6.07) is 4.68. The predicted molar refractivity (Wildman–Crippen MR) is 97.7 cm³/mol. The highest BCUT2D eigenvalue weighted by Crippen LogP contribution is 2.42. The van der Waals surface area contributed by atoms with Crippen LogP contribution < -0.4 is 15.2 Å². The number of nitrogens with two attached hydrogens (primary N) is 1. The number of amides is 1. The van der Waals surface area contributed by atoms with Gasteiger partial charge in [0.2, 0.25) is 5.88 Å². The van der Waals surface area contributed by atoms with Gasteiger partial charge in [0, 0.05) is 17.2 Å². The van der Waals surface area contributed by atoms with Gasteiger partial charge in [-0.25, -0.2) is 9.37 Å². The second-order valence-electron chi connectivity index (χ2n) is 6.93. The second-order valence-corrected chi connectivity index (χ2v) is 7.62. The first-order valence-corrected chi connectivity index (χ1v) is 8.99. The maximum Gasteiger partial charge on any atom is 0.408 e. The molecule has 1 aliphatic heterocycles. The molecule has 28 heavy (non-hydrogen) atoms. The lowest BCUT2D eigenvalue weighted by atomic mass is 9.90. The zero-order valence-corrected chi connectivity index (χ0v) is 15.8. The lowest BCUT2D eigenvalue weighted by Crippen LogP contribution is -2.34. The standard InChI is InChI=1S/C18H18F2N2O5S/c1-17(2)6-5-11-12(8-13(15(21)23)22-16(11)27-17)10-4-3-9(19)7-14(10)26-18(24,25)28-20/h3-4,7-8,24-25H,5-6H2,1-2H3,(H2,21,23). The molecule has 150 valence electrons. The lowest BCUT2D eigenvalue weighted by Gasteiger charge is -2.33. The van der Waals surface area contributed by atoms with E-state index in [1.807, 2.05) is 13.8 Å². The molecule has 0 spiro atoms. The monoisotopic (exact) mass is 412 g/mol. The molecule has 4 N–H and O–H groups in total. The largest absolute Gasteiger partial charge is 0.471 e. The highest BCUT2D eigenvalue weighted by molar-refractivity contribution is 7.95. The van der Waals surface area contributed by atoms with Crippen molar-refractivity contribution in [2.75, 3.05) is 0 Å². The van der Waals surface area contributed by atoms with Crippen LogP contribution in [0.25, 0.3) is 11.1 Å². The predicted octanol–water partition coefficient (Wildman–Crippen LogP) is 2.68. The van der Waals surface area contributed by atoms with E-state index in [0.29, 0.717) is 24.0 Å². The molecule has 1 aromatic carbocycles. The van der Waals surface area contributed by atoms with Crippen molar-refractivity contribution < 1.29 is 32.8 Å². The topological polar surface area (TPSA) is 115 Å². The number of fused-ring (bicyclic) bond motifs is 1. The van der Waals surface area contributed by atoms with Crippen LogP contribution in [0.2, 0.25) is 0 Å². The van der Waals surface area contributed by atoms with E-state index in [0.717, 1.165) is 12.1 Å². The van der Waals surface area contributed by atoms with E-state index in [-0.39, 0.29) is 22.9 Å². The molecule has 0 aliphatic carbocycles. The Labute approximate surface area is 163 Å². The smallest absolute Gasteiger partial charge is 0.408 e. The van der Waals surface area contributed by atoms with Gasteiger partial charge in [-0.3, -0.25) is 4.79 Å². The number of hydrogen-bond acceptors (Lipinski definition) is 7. The zero-order valence-electron chi connectivity index (χ0n) is 15.0. The van der Waals surface area contributed by atoms with Crippen LogP contribution in [0.4, 0.5) is 8.28 Å². The highest BCUT2D eigenvalue weighted by Gasteiger charge is 2.33. The molecule has 0 bridgehead atoms. The van der Waals surface area contributed by atoms with Gasteiger partial charge >= 0.3 is 5.31 Å². The van der Waals surface area contributed by atoms with Crippen molar-refractivity contribution in [1.29, 1.82) is 0 Å². The van der Waals surface area contributed by atoms with Gasteiger partial charge in [0.15, 0.2) is 12.1 Å². The van der Waals surface area contributed by atoms with E-state index in [4.69, 9.17) is 15.2 Å². The Kier molecular flexibility index (Phi) is 5.22. The van der Waals surface area contributed by atoms with Crippen molar-refractivity contribution in [1.82, 2.24) is 4.98 Å². The number of carbonyl (C=O) groups excluding carboxylic acids is 1. The molecule has 0 saturated carbocycles. The summed E-state index contributed by atoms with van der Waals surface area (Å²) >= 11 is -0.876. The zero-order chi connectivity index (χ0) is 20.7. The minimum Gasteiger partial charge on any atom is -0.471 e. The minimum absolute atomic E-state index is 0.0964. The molecule has 10 heteroatoms. The maximum absolute atomic E-state index is 13.7. The lowest BCUT2D eigenvalue weighted by molar-refractivity contribution is -0.216. The number of halogens is 2. The minimum atomic E-state index is -3.22. The summed E-state index contributed by atoms with van der Waals surface area (Å²) < 4.78 is 37.2. The van der Waals surface area contributed by atoms with Gasteiger partial charge in [-0.15, -0.1) is 0 Å². The normalized spacial score (nSPS) is 15.5. The average Bonchev–Trinajstić information content (AvgIpc) is 2.59. The number of aromatic nitrogens is 1. The number of rotatable bonds is 5. The van der Waals surface area contributed by atoms with E-state index in [1.54, 1.807) is 0 Å². The fourth-order valence-electron chi connectivity index (χ4n) is 2.94. The van der Waals surface area contributed by atoms with Crippen molar-refractivity contribution >= 4 is 18.1 Å². The van der Waals surface area contributed by atoms with Gasteiger partial charge in [-0.2, -0.15) is 3.89 Å². The summed E-state index contributed by atoms with van der Waals surface area (Å²) in [5.74, 6) is -1.70. The van der Waals surface area contributed by atoms with Crippen LogP contribution in [0.1, 0.15) is 36.3 Å². The van der Waals surface area contributed by atoms with Crippen molar-refractivity contribution in [3.05, 3.63) is 41.3 Å². The Balaban J connectivity index is 2.21. The van der Waals surface area contributed by atoms with Crippen molar-refractivity contribution in [2.45, 2.75) is 37.6 Å². The van der Waals surface area contributed by atoms with Gasteiger partial charge < -0.3 is 25.4 Å². The number of hydrogen-bond donors (Lipinski definition) is 3. The average molecular weight is 412 g/mol. The third-order valence-corrected chi connectivity index (χ3v) is 4.55. The van der Waals surface area contributed by atoms with E-state index in [9.17, 15) is 23.3 Å². The molecule has 0 saturated heterocycles. The number of benzene rings is 1. The molecule has 7 nitrogen and oxygen atoms in total. The first kappa shape index (κ1) is 20.3. The molecule has 1 amide bonds. The van der Waals surface area contributed by atoms with Crippen LogP contribution >= 0.6 is 12.1 Å². The molecular weight excluding hydrogens is 394 g/mol. The van der Waals surface area contributed by atoms with Gasteiger partial charge in [0.1, 0.15) is 22.9 Å². The Morgan fingerprint density at radius 3 is 2.71 bits per heavy atom. The third kappa shape index (κ3) is 4.18. The van der Waals surface area contributed by atoms with Crippen LogP contribution in [-0.4, -0.2) is 32.0 Å². The van der Waals surface area contributed by atoms with Crippen molar-refractivity contribution in [2.24, 2.45) is 5.73 Å². The molecule has 2 aromatic rings. The molecule has 2 heterocycles. The molecule has 1 aliphatic rings. The van der Waals surface area contributed by atoms with Gasteiger partial charge in [0.05, 0.1) is 0 Å². The fraction of sp³-hybridized carbons (Fsp3) is 0.333. The van der Waals surface area contributed by atoms with Gasteiger partial charge in [0.25, 0.3) is 5.91 Å². The molecule has 3 rings (SSSR count). The fourth-order valence-corrected chi connectivity index (χ4v) is 3.06. The van der Waals surface area contributed by atoms with E-state index in [2.05, 4.69) is 4.98 Å². The van der Waals surface area contributed by atoms with E-state index >= 15 is 0 Å². The van der Waals surface area contributed by atoms with Crippen LogP contribution in [-0.2, 0) is 6.42 Å². The molecule has 0 fully saturated rings. The number of aliphatic hydroxyl groups is 2. The number of ether oxygens (including phenoxy) is 2. The summed E-state index contributed by atoms with van der Waals surface area (Å²) in [4.78, 5) is 15.9. The second kappa shape index (κ2) is 7.19. The number of nitrogens with zero attached hydrogens (tertiary/aromatic N) is 1. The summed E-state index contributed by atoms with van der Waals surface area (Å²) in [6.45, 7) is 3.73. The Hall–Kier alpha value is -2.43. The molecule has 0 radical (unpaired) electrons. The van der Waals surface area contributed by atoms with Crippen LogP contribution in [0, 0.1) is 5.82 Å². The maximum atomic E-state index is 13.7. The Bertz CT molecular complexity index is 936. The number of pyridine rings is 1. The SMILES string of the molecule is CC1(C)CCc2c(-c3ccc(F)cc3OC(O)(O)SF)cc(C(N)=O)nc2O1. The number of carbonyl (C=O) groups is 1. The van der Waals surface area contributed by atoms with Crippen LogP contribution in [0.3, 0.4) is 0 Å². The summed E-state index contributed by atoms with van der Waals surface area (Å²) in [5, 5.41) is 15.7. The Morgan fingerprint density at radius 1 is 1.36 bits per heavy atom. The highest BCUT2D eigenvalue weighted by atomic mass is 32.2. The molecule has 0 unspecified atom stereocenters. The summed E-state index contributed by atoms with van der Waals surface area (Å²) in [6.07, 6.45) is 1.15. The van der Waals surface area contributed by atoms with Crippen molar-refractivity contribution in [3.63, 3.8) is 0 Å². The number of primary amides is 1. The Morgan fingerprint density at radius 2 is 2.07 bits per heavy atom. The first-order valence-electron chi connectivity index (χ1n) is 8.27. The van der Waals surface area contributed by atoms with E-state index < -0.39 is 34.8 Å². The quantitative estimate of drug-likeness (QED) is 0.647. The molecule has 1 aromatic heterocycles. The summed E-state index contributed by atoms with van der Waals surface area (Å²) in [7, 11) is 0. The van der Waals surface area contributed by atoms with Crippen LogP contribution in [0.5, 0.6) is 11.6 Å². The van der Waals surface area contributed by atoms with Crippen molar-refractivity contribution in [3.8, 4) is 22.8 Å². The van der Waals surface area contributed by atoms with Crippen LogP contribution in [0.15, 0.2) is 24.3 Å². The molecule has 0 atom stereocenters. The summed E-state index contributed by atoms with van der Waals surface area (Å²) in [5.41, 5.74) is 5.92. The van der Waals surface area contributed by atoms with E-state index in [1.165, 1.54) is 12.1 Å². The molecular formula is C18H18F2N2O5S. The van der Waals surface area contributed by atoms with Gasteiger partial charge in [-0.1, -0.05) is 0 Å². The van der Waals surface area contributed by atoms with Gasteiger partial charge in [-0.05, 0) is 50.5 Å². The third-order valence-electron chi connectivity index (χ3n) is 4.27. The first-order chi connectivity index (χ1) is 13.0.